The van der Waals surface area contributed by atoms with Gasteiger partial charge >= 0.3 is 0 Å². The predicted molar refractivity (Wildman–Crippen MR) is 95.3 cm³/mol. The summed E-state index contributed by atoms with van der Waals surface area (Å²) >= 11 is 0. The van der Waals surface area contributed by atoms with Gasteiger partial charge in [-0.15, -0.1) is 0 Å². The van der Waals surface area contributed by atoms with Gasteiger partial charge in [0.1, 0.15) is 17.2 Å². The molecule has 0 aromatic carbocycles. The zero-order chi connectivity index (χ0) is 20.1. The summed E-state index contributed by atoms with van der Waals surface area (Å²) in [4.78, 5) is 24.2. The molecule has 26 heavy (non-hydrogen) atoms. The minimum absolute atomic E-state index is 0.0236. The van der Waals surface area contributed by atoms with Crippen molar-refractivity contribution in [1.29, 1.82) is 0 Å². The Hall–Kier alpha value is -1.12. The van der Waals surface area contributed by atoms with Gasteiger partial charge in [0.25, 0.3) is 0 Å². The van der Waals surface area contributed by atoms with Crippen molar-refractivity contribution in [3.8, 4) is 0 Å². The second-order valence-electron chi connectivity index (χ2n) is 7.20. The molecule has 5 unspecified atom stereocenters. The number of ketones is 2. The van der Waals surface area contributed by atoms with Gasteiger partial charge in [0.2, 0.25) is 0 Å². The van der Waals surface area contributed by atoms with E-state index in [9.17, 15) is 30.0 Å². The van der Waals surface area contributed by atoms with Crippen LogP contribution in [0, 0.1) is 17.8 Å². The maximum atomic E-state index is 12.7. The Labute approximate surface area is 154 Å². The standard InChI is InChI=1S/C19H32O7/c1-5-7-11(3)18-19(4,26-18)17(25)14(10-21)16(24)13(9-20)15(23)8-12(22)6-2/h5,7,11,13-15,17-18,20-21,23,25H,6,8-10H2,1-4H3/b7-5-/t11?,13?,14-,15?,17?,18?,19-/m0/s1. The number of rotatable bonds is 12. The predicted octanol–water partition coefficient (Wildman–Crippen LogP) is 0.233. The van der Waals surface area contributed by atoms with Crippen LogP contribution < -0.4 is 0 Å². The topological polar surface area (TPSA) is 128 Å². The summed E-state index contributed by atoms with van der Waals surface area (Å²) in [6, 6.07) is 0. The highest BCUT2D eigenvalue weighted by molar-refractivity contribution is 5.86. The van der Waals surface area contributed by atoms with Gasteiger partial charge < -0.3 is 25.2 Å². The summed E-state index contributed by atoms with van der Waals surface area (Å²) in [6.45, 7) is 5.79. The van der Waals surface area contributed by atoms with Crippen molar-refractivity contribution < 1.29 is 34.8 Å². The fraction of sp³-hybridized carbons (Fsp3) is 0.789. The fourth-order valence-electron chi connectivity index (χ4n) is 3.45. The van der Waals surface area contributed by atoms with Crippen molar-refractivity contribution >= 4 is 11.6 Å². The molecule has 1 aliphatic heterocycles. The van der Waals surface area contributed by atoms with Crippen LogP contribution in [0.15, 0.2) is 12.2 Å². The smallest absolute Gasteiger partial charge is 0.148 e. The summed E-state index contributed by atoms with van der Waals surface area (Å²) in [5.41, 5.74) is -0.994. The molecular formula is C19H32O7. The first-order valence-electron chi connectivity index (χ1n) is 9.11. The van der Waals surface area contributed by atoms with E-state index in [0.29, 0.717) is 0 Å². The molecule has 7 atom stereocenters. The van der Waals surface area contributed by atoms with Crippen LogP contribution in [0.2, 0.25) is 0 Å². The zero-order valence-corrected chi connectivity index (χ0v) is 16.0. The van der Waals surface area contributed by atoms with E-state index in [-0.39, 0.29) is 30.6 Å². The lowest BCUT2D eigenvalue weighted by molar-refractivity contribution is -0.140. The number of carbonyl (C=O) groups excluding carboxylic acids is 2. The summed E-state index contributed by atoms with van der Waals surface area (Å²) < 4.78 is 5.63. The van der Waals surface area contributed by atoms with Crippen LogP contribution in [0.25, 0.3) is 0 Å². The maximum Gasteiger partial charge on any atom is 0.148 e. The molecule has 0 amide bonds. The van der Waals surface area contributed by atoms with Gasteiger partial charge in [-0.3, -0.25) is 9.59 Å². The molecule has 0 aromatic heterocycles. The summed E-state index contributed by atoms with van der Waals surface area (Å²) in [5, 5.41) is 40.0. The first-order valence-corrected chi connectivity index (χ1v) is 9.11. The van der Waals surface area contributed by atoms with E-state index in [1.54, 1.807) is 13.8 Å². The zero-order valence-electron chi connectivity index (χ0n) is 16.0. The summed E-state index contributed by atoms with van der Waals surface area (Å²) in [6.07, 6.45) is 0.816. The number of hydrogen-bond acceptors (Lipinski definition) is 7. The van der Waals surface area contributed by atoms with Gasteiger partial charge in [-0.05, 0) is 13.8 Å². The number of hydrogen-bond donors (Lipinski definition) is 4. The lowest BCUT2D eigenvalue weighted by atomic mass is 9.79. The van der Waals surface area contributed by atoms with Crippen molar-refractivity contribution in [2.24, 2.45) is 17.8 Å². The van der Waals surface area contributed by atoms with Gasteiger partial charge in [-0.2, -0.15) is 0 Å². The Morgan fingerprint density at radius 3 is 2.23 bits per heavy atom. The Kier molecular flexibility index (Phi) is 8.56. The average molecular weight is 372 g/mol. The summed E-state index contributed by atoms with van der Waals surface area (Å²) in [7, 11) is 0. The minimum atomic E-state index is -1.35. The van der Waals surface area contributed by atoms with E-state index in [2.05, 4.69) is 0 Å². The summed E-state index contributed by atoms with van der Waals surface area (Å²) in [5.74, 6) is -3.34. The first kappa shape index (κ1) is 22.9. The largest absolute Gasteiger partial charge is 0.396 e. The number of ether oxygens (including phenoxy) is 1. The van der Waals surface area contributed by atoms with Crippen molar-refractivity contribution in [2.45, 2.75) is 64.4 Å². The molecule has 7 heteroatoms. The molecule has 1 saturated heterocycles. The van der Waals surface area contributed by atoms with Crippen molar-refractivity contribution in [1.82, 2.24) is 0 Å². The highest BCUT2D eigenvalue weighted by atomic mass is 16.6. The van der Waals surface area contributed by atoms with Crippen LogP contribution in [-0.4, -0.2) is 69.1 Å². The maximum absolute atomic E-state index is 12.7. The molecule has 4 N–H and O–H groups in total. The van der Waals surface area contributed by atoms with Crippen molar-refractivity contribution in [3.05, 3.63) is 12.2 Å². The molecule has 1 aliphatic rings. The average Bonchev–Trinajstić information content (AvgIpc) is 3.29. The lowest BCUT2D eigenvalue weighted by Gasteiger charge is -2.28. The Morgan fingerprint density at radius 1 is 1.19 bits per heavy atom. The number of aliphatic hydroxyl groups is 4. The number of Topliss-reactive ketones (excluding diaryl/α,β-unsaturated/α-hetero) is 2. The molecule has 0 saturated carbocycles. The van der Waals surface area contributed by atoms with Crippen LogP contribution in [0.5, 0.6) is 0 Å². The molecule has 0 spiro atoms. The SMILES string of the molecule is C/C=C\C(C)C1O[C@@]1(C)C(O)[C@@H](CO)C(=O)C(CO)C(O)CC(=O)CC. The highest BCUT2D eigenvalue weighted by Crippen LogP contribution is 2.46. The van der Waals surface area contributed by atoms with Crippen LogP contribution in [-0.2, 0) is 14.3 Å². The number of aliphatic hydroxyl groups excluding tert-OH is 4. The fourth-order valence-corrected chi connectivity index (χ4v) is 3.45. The third-order valence-electron chi connectivity index (χ3n) is 5.25. The van der Waals surface area contributed by atoms with Gasteiger partial charge in [-0.1, -0.05) is 26.0 Å². The molecular weight excluding hydrogens is 340 g/mol. The van der Waals surface area contributed by atoms with Gasteiger partial charge in [0.05, 0.1) is 43.4 Å². The van der Waals surface area contributed by atoms with E-state index in [4.69, 9.17) is 4.74 Å². The Morgan fingerprint density at radius 2 is 1.77 bits per heavy atom. The number of epoxide rings is 1. The third-order valence-corrected chi connectivity index (χ3v) is 5.25. The molecule has 150 valence electrons. The second-order valence-corrected chi connectivity index (χ2v) is 7.20. The number of allylic oxidation sites excluding steroid dienone is 1. The monoisotopic (exact) mass is 372 g/mol. The van der Waals surface area contributed by atoms with E-state index in [0.717, 1.165) is 0 Å². The van der Waals surface area contributed by atoms with Crippen LogP contribution in [0.1, 0.15) is 40.5 Å². The van der Waals surface area contributed by atoms with Crippen molar-refractivity contribution in [3.63, 3.8) is 0 Å². The third kappa shape index (κ3) is 4.98. The molecule has 0 aromatic rings. The lowest BCUT2D eigenvalue weighted by Crippen LogP contribution is -2.47. The van der Waals surface area contributed by atoms with E-state index < -0.39 is 48.6 Å². The normalized spacial score (nSPS) is 28.4. The molecule has 7 nitrogen and oxygen atoms in total. The van der Waals surface area contributed by atoms with Gasteiger partial charge in [0, 0.05) is 18.8 Å². The van der Waals surface area contributed by atoms with E-state index in [1.165, 1.54) is 0 Å². The Balaban J connectivity index is 2.88. The quantitative estimate of drug-likeness (QED) is 0.285. The Bertz CT molecular complexity index is 518. The second kappa shape index (κ2) is 9.71. The van der Waals surface area contributed by atoms with Crippen LogP contribution >= 0.6 is 0 Å². The molecule has 1 heterocycles. The van der Waals surface area contributed by atoms with Gasteiger partial charge in [-0.25, -0.2) is 0 Å². The molecule has 0 bridgehead atoms. The molecule has 1 rings (SSSR count). The van der Waals surface area contributed by atoms with Crippen molar-refractivity contribution in [2.75, 3.05) is 13.2 Å². The highest BCUT2D eigenvalue weighted by Gasteiger charge is 2.61. The van der Waals surface area contributed by atoms with E-state index in [1.807, 2.05) is 26.0 Å². The van der Waals surface area contributed by atoms with E-state index >= 15 is 0 Å². The molecule has 0 radical (unpaired) electrons. The minimum Gasteiger partial charge on any atom is -0.396 e. The number of carbonyl (C=O) groups is 2. The van der Waals surface area contributed by atoms with Crippen LogP contribution in [0.3, 0.4) is 0 Å². The first-order chi connectivity index (χ1) is 12.2. The molecule has 0 aliphatic carbocycles. The van der Waals surface area contributed by atoms with Crippen LogP contribution in [0.4, 0.5) is 0 Å². The van der Waals surface area contributed by atoms with Gasteiger partial charge in [0.15, 0.2) is 0 Å². The molecule has 1 fully saturated rings.